The Labute approximate surface area is 85.1 Å². The summed E-state index contributed by atoms with van der Waals surface area (Å²) < 4.78 is 0. The molecule has 0 saturated carbocycles. The highest BCUT2D eigenvalue weighted by atomic mass is 32.1. The minimum absolute atomic E-state index is 0.716. The monoisotopic (exact) mass is 200 g/mol. The lowest BCUT2D eigenvalue weighted by Crippen LogP contribution is -2.16. The minimum Gasteiger partial charge on any atom is -0.244 e. The maximum Gasteiger partial charge on any atom is 0.117 e. The molecule has 14 heavy (non-hydrogen) atoms. The van der Waals surface area contributed by atoms with Gasteiger partial charge >= 0.3 is 0 Å². The lowest BCUT2D eigenvalue weighted by atomic mass is 10.00. The third-order valence-corrected chi connectivity index (χ3v) is 2.43. The molecule has 0 aromatic carbocycles. The van der Waals surface area contributed by atoms with Gasteiger partial charge in [-0.1, -0.05) is 12.2 Å². The van der Waals surface area contributed by atoms with Crippen LogP contribution in [-0.4, -0.2) is 26.9 Å². The van der Waals surface area contributed by atoms with Crippen molar-refractivity contribution in [2.24, 2.45) is 9.98 Å². The first-order valence-corrected chi connectivity index (χ1v) is 4.44. The van der Waals surface area contributed by atoms with Crippen molar-refractivity contribution in [1.29, 1.82) is 0 Å². The summed E-state index contributed by atoms with van der Waals surface area (Å²) in [6.07, 6.45) is 6.54. The number of nitrogens with zero attached hydrogens (tertiary/aromatic N) is 4. The molecule has 1 aliphatic heterocycles. The van der Waals surface area contributed by atoms with Gasteiger partial charge in [-0.2, -0.15) is 0 Å². The van der Waals surface area contributed by atoms with E-state index in [1.807, 2.05) is 6.08 Å². The summed E-state index contributed by atoms with van der Waals surface area (Å²) in [5, 5.41) is 0. The molecule has 1 aromatic heterocycles. The number of hydrogen-bond donors (Lipinski definition) is 0. The van der Waals surface area contributed by atoms with Crippen LogP contribution in [0.2, 0.25) is 0 Å². The van der Waals surface area contributed by atoms with Crippen LogP contribution >= 0.6 is 12.2 Å². The highest BCUT2D eigenvalue weighted by molar-refractivity contribution is 7.81. The Bertz CT molecular complexity index is 527. The second-order valence-electron chi connectivity index (χ2n) is 2.90. The number of rotatable bonds is 0. The van der Waals surface area contributed by atoms with Gasteiger partial charge in [0.2, 0.25) is 0 Å². The van der Waals surface area contributed by atoms with E-state index in [2.05, 4.69) is 20.0 Å². The van der Waals surface area contributed by atoms with Gasteiger partial charge in [-0.25, -0.2) is 20.0 Å². The van der Waals surface area contributed by atoms with Crippen molar-refractivity contribution in [1.82, 2.24) is 9.97 Å². The quantitative estimate of drug-likeness (QED) is 0.585. The molecular formula is C9H4N4S. The van der Waals surface area contributed by atoms with Gasteiger partial charge in [-0.3, -0.25) is 0 Å². The number of hydrogen-bond acceptors (Lipinski definition) is 5. The van der Waals surface area contributed by atoms with E-state index >= 15 is 0 Å². The Kier molecular flexibility index (Phi) is 1.43. The van der Waals surface area contributed by atoms with E-state index in [4.69, 9.17) is 12.2 Å². The van der Waals surface area contributed by atoms with Crippen molar-refractivity contribution >= 4 is 29.1 Å². The van der Waals surface area contributed by atoms with Gasteiger partial charge < -0.3 is 0 Å². The fraction of sp³-hybridized carbons (Fsp3) is 0. The number of aliphatic imine (C=N–C) groups is 2. The van der Waals surface area contributed by atoms with Crippen LogP contribution in [0.5, 0.6) is 0 Å². The molecular weight excluding hydrogens is 196 g/mol. The highest BCUT2D eigenvalue weighted by Gasteiger charge is 2.24. The maximum atomic E-state index is 5.20. The summed E-state index contributed by atoms with van der Waals surface area (Å²) in [6, 6.07) is 0. The molecule has 0 spiro atoms. The number of allylic oxidation sites excluding steroid dienone is 2. The third-order valence-electron chi connectivity index (χ3n) is 2.10. The predicted molar refractivity (Wildman–Crippen MR) is 56.8 cm³/mol. The molecule has 2 aliphatic rings. The van der Waals surface area contributed by atoms with Crippen LogP contribution in [0.1, 0.15) is 11.3 Å². The number of aromatic nitrogens is 2. The molecule has 0 bridgehead atoms. The van der Waals surface area contributed by atoms with E-state index in [0.717, 1.165) is 22.7 Å². The Balaban J connectivity index is 2.33. The molecule has 0 saturated heterocycles. The SMILES string of the molecule is S=C1C=C2N=CN=C2c2ncncc21. The number of thiocarbonyl (C=S) groups is 1. The van der Waals surface area contributed by atoms with Crippen molar-refractivity contribution in [2.45, 2.75) is 0 Å². The van der Waals surface area contributed by atoms with Crippen LogP contribution in [0, 0.1) is 0 Å². The molecule has 4 nitrogen and oxygen atoms in total. The van der Waals surface area contributed by atoms with Crippen LogP contribution in [-0.2, 0) is 0 Å². The Hall–Kier alpha value is -1.75. The molecule has 0 unspecified atom stereocenters. The minimum atomic E-state index is 0.716. The standard InChI is InChI=1S/C9H4N4S/c14-7-1-6-9(13-4-11-6)8-5(7)2-10-3-12-8/h1-4H. The summed E-state index contributed by atoms with van der Waals surface area (Å²) >= 11 is 5.20. The van der Waals surface area contributed by atoms with Gasteiger partial charge in [0.1, 0.15) is 24.1 Å². The zero-order valence-corrected chi connectivity index (χ0v) is 7.82. The van der Waals surface area contributed by atoms with Crippen LogP contribution in [0.15, 0.2) is 34.3 Å². The van der Waals surface area contributed by atoms with Gasteiger partial charge in [-0.05, 0) is 6.08 Å². The zero-order valence-electron chi connectivity index (χ0n) is 7.01. The van der Waals surface area contributed by atoms with Gasteiger partial charge in [0.15, 0.2) is 0 Å². The average molecular weight is 200 g/mol. The van der Waals surface area contributed by atoms with Crippen LogP contribution in [0.25, 0.3) is 0 Å². The molecule has 1 aliphatic carbocycles. The predicted octanol–water partition coefficient (Wildman–Crippen LogP) is 0.923. The van der Waals surface area contributed by atoms with E-state index in [-0.39, 0.29) is 0 Å². The number of fused-ring (bicyclic) bond motifs is 3. The summed E-state index contributed by atoms with van der Waals surface area (Å²) in [7, 11) is 0. The van der Waals surface area contributed by atoms with E-state index < -0.39 is 0 Å². The van der Waals surface area contributed by atoms with Gasteiger partial charge in [-0.15, -0.1) is 0 Å². The van der Waals surface area contributed by atoms with E-state index in [9.17, 15) is 0 Å². The van der Waals surface area contributed by atoms with Crippen molar-refractivity contribution < 1.29 is 0 Å². The van der Waals surface area contributed by atoms with Crippen molar-refractivity contribution in [3.05, 3.63) is 35.6 Å². The largest absolute Gasteiger partial charge is 0.244 e. The van der Waals surface area contributed by atoms with Gasteiger partial charge in [0.25, 0.3) is 0 Å². The summed E-state index contributed by atoms with van der Waals surface area (Å²) in [5.41, 5.74) is 3.22. The first-order chi connectivity index (χ1) is 6.86. The molecule has 0 amide bonds. The molecule has 0 N–H and O–H groups in total. The van der Waals surface area contributed by atoms with E-state index in [0.29, 0.717) is 4.86 Å². The molecule has 0 atom stereocenters. The van der Waals surface area contributed by atoms with E-state index in [1.54, 1.807) is 6.20 Å². The summed E-state index contributed by atoms with van der Waals surface area (Å²) in [5.74, 6) is 0. The topological polar surface area (TPSA) is 50.5 Å². The molecule has 5 heteroatoms. The summed E-state index contributed by atoms with van der Waals surface area (Å²) in [4.78, 5) is 17.0. The fourth-order valence-corrected chi connectivity index (χ4v) is 1.73. The van der Waals surface area contributed by atoms with Crippen LogP contribution in [0.3, 0.4) is 0 Å². The zero-order chi connectivity index (χ0) is 9.54. The van der Waals surface area contributed by atoms with Crippen molar-refractivity contribution in [3.8, 4) is 0 Å². The second-order valence-corrected chi connectivity index (χ2v) is 3.34. The van der Waals surface area contributed by atoms with Crippen molar-refractivity contribution in [3.63, 3.8) is 0 Å². The molecule has 66 valence electrons. The molecule has 2 heterocycles. The lowest BCUT2D eigenvalue weighted by Gasteiger charge is -2.12. The van der Waals surface area contributed by atoms with E-state index in [1.165, 1.54) is 12.7 Å². The Morgan fingerprint density at radius 3 is 3.14 bits per heavy atom. The normalized spacial score (nSPS) is 17.3. The van der Waals surface area contributed by atoms with Gasteiger partial charge in [0, 0.05) is 11.8 Å². The van der Waals surface area contributed by atoms with Crippen LogP contribution in [0.4, 0.5) is 0 Å². The maximum absolute atomic E-state index is 5.20. The highest BCUT2D eigenvalue weighted by Crippen LogP contribution is 2.22. The molecule has 1 aromatic rings. The molecule has 3 rings (SSSR count). The first-order valence-electron chi connectivity index (χ1n) is 4.03. The van der Waals surface area contributed by atoms with Crippen LogP contribution < -0.4 is 0 Å². The summed E-state index contributed by atoms with van der Waals surface area (Å²) in [6.45, 7) is 0. The molecule has 0 fully saturated rings. The van der Waals surface area contributed by atoms with Gasteiger partial charge in [0.05, 0.1) is 10.6 Å². The molecule has 0 radical (unpaired) electrons. The average Bonchev–Trinajstić information content (AvgIpc) is 2.66. The fourth-order valence-electron chi connectivity index (χ4n) is 1.46. The lowest BCUT2D eigenvalue weighted by molar-refractivity contribution is 1.14. The third kappa shape index (κ3) is 0.898. The smallest absolute Gasteiger partial charge is 0.117 e. The Morgan fingerprint density at radius 1 is 1.29 bits per heavy atom. The Morgan fingerprint density at radius 2 is 2.21 bits per heavy atom. The van der Waals surface area contributed by atoms with Crippen molar-refractivity contribution in [2.75, 3.05) is 0 Å². The second kappa shape index (κ2) is 2.62. The first kappa shape index (κ1) is 7.64.